The molecule has 0 N–H and O–H groups in total. The van der Waals surface area contributed by atoms with Gasteiger partial charge in [-0.05, 0) is 59.7 Å². The first-order chi connectivity index (χ1) is 20.1. The molecule has 3 aromatic carbocycles. The van der Waals surface area contributed by atoms with Gasteiger partial charge in [0.05, 0.1) is 31.0 Å². The van der Waals surface area contributed by atoms with E-state index in [4.69, 9.17) is 9.98 Å². The van der Waals surface area contributed by atoms with Crippen molar-refractivity contribution in [2.45, 2.75) is 0 Å². The molecule has 10 nitrogen and oxygen atoms in total. The van der Waals surface area contributed by atoms with Crippen molar-refractivity contribution in [2.24, 2.45) is 9.98 Å². The first-order valence-corrected chi connectivity index (χ1v) is 15.7. The van der Waals surface area contributed by atoms with Crippen LogP contribution in [0.4, 0.5) is 32.8 Å². The van der Waals surface area contributed by atoms with Crippen LogP contribution in [0.2, 0.25) is 0 Å². The van der Waals surface area contributed by atoms with Crippen LogP contribution in [-0.2, 0) is 0 Å². The molecular weight excluding hydrogens is 613 g/mol. The highest BCUT2D eigenvalue weighted by molar-refractivity contribution is 7.33. The fourth-order valence-corrected chi connectivity index (χ4v) is 8.81. The molecule has 0 aliphatic heterocycles. The lowest BCUT2D eigenvalue weighted by molar-refractivity contribution is -0.385. The molecule has 0 radical (unpaired) electrons. The summed E-state index contributed by atoms with van der Waals surface area (Å²) < 4.78 is 1.72. The number of nitro benzene ring substituents is 2. The number of anilines is 2. The zero-order valence-corrected chi connectivity index (χ0v) is 26.1. The molecule has 0 fully saturated rings. The highest BCUT2D eigenvalue weighted by atomic mass is 32.2. The number of nitro groups is 2. The van der Waals surface area contributed by atoms with E-state index in [2.05, 4.69) is 0 Å². The van der Waals surface area contributed by atoms with Crippen molar-refractivity contribution in [3.8, 4) is 20.9 Å². The van der Waals surface area contributed by atoms with E-state index in [0.717, 1.165) is 50.2 Å². The fraction of sp³-hybridized carbons (Fsp3) is 0.143. The van der Waals surface area contributed by atoms with Gasteiger partial charge in [-0.3, -0.25) is 20.2 Å². The summed E-state index contributed by atoms with van der Waals surface area (Å²) in [7, 11) is 7.86. The molecule has 2 aromatic heterocycles. The van der Waals surface area contributed by atoms with E-state index >= 15 is 0 Å². The topological polar surface area (TPSA) is 117 Å². The number of non-ortho nitro benzene ring substituents is 2. The average Bonchev–Trinajstić information content (AvgIpc) is 3.59. The summed E-state index contributed by atoms with van der Waals surface area (Å²) in [6.45, 7) is 0. The maximum Gasteiger partial charge on any atom is 0.269 e. The Balaban J connectivity index is 1.43. The van der Waals surface area contributed by atoms with E-state index in [-0.39, 0.29) is 11.4 Å². The van der Waals surface area contributed by atoms with Gasteiger partial charge in [-0.25, -0.2) is 9.98 Å². The highest BCUT2D eigenvalue weighted by Crippen LogP contribution is 2.38. The van der Waals surface area contributed by atoms with Crippen molar-refractivity contribution in [1.82, 2.24) is 0 Å². The van der Waals surface area contributed by atoms with Crippen LogP contribution >= 0.6 is 45.3 Å². The summed E-state index contributed by atoms with van der Waals surface area (Å²) in [4.78, 5) is 37.0. The summed E-state index contributed by atoms with van der Waals surface area (Å²) in [6, 6.07) is 20.8. The molecule has 0 bridgehead atoms. The van der Waals surface area contributed by atoms with E-state index in [9.17, 15) is 20.2 Å². The fourth-order valence-electron chi connectivity index (χ4n) is 3.89. The van der Waals surface area contributed by atoms with E-state index in [1.165, 1.54) is 24.3 Å². The Kier molecular flexibility index (Phi) is 8.59. The van der Waals surface area contributed by atoms with Crippen LogP contribution < -0.4 is 17.8 Å². The smallest absolute Gasteiger partial charge is 0.269 e. The van der Waals surface area contributed by atoms with Gasteiger partial charge in [0, 0.05) is 52.5 Å². The largest absolute Gasteiger partial charge is 0.368 e. The van der Waals surface area contributed by atoms with Gasteiger partial charge in [0.25, 0.3) is 11.4 Å². The molecule has 0 saturated carbocycles. The van der Waals surface area contributed by atoms with Crippen LogP contribution in [0, 0.1) is 20.2 Å². The van der Waals surface area contributed by atoms with Crippen molar-refractivity contribution >= 4 is 78.1 Å². The maximum absolute atomic E-state index is 11.0. The first kappa shape index (κ1) is 29.3. The molecule has 0 aliphatic carbocycles. The third-order valence-electron chi connectivity index (χ3n) is 5.92. The predicted octanol–water partition coefficient (Wildman–Crippen LogP) is 7.68. The van der Waals surface area contributed by atoms with Crippen LogP contribution in [0.3, 0.4) is 0 Å². The number of nitrogens with zero attached hydrogens (tertiary/aromatic N) is 6. The normalized spacial score (nSPS) is 12.0. The van der Waals surface area contributed by atoms with E-state index in [0.29, 0.717) is 0 Å². The van der Waals surface area contributed by atoms with Gasteiger partial charge in [0.1, 0.15) is 10.0 Å². The minimum atomic E-state index is -0.400. The third-order valence-corrected chi connectivity index (χ3v) is 11.0. The molecule has 5 aromatic rings. The van der Waals surface area contributed by atoms with Gasteiger partial charge < -0.3 is 9.80 Å². The summed E-state index contributed by atoms with van der Waals surface area (Å²) in [6.07, 6.45) is 0. The summed E-state index contributed by atoms with van der Waals surface area (Å²) in [5.74, 6) is 0. The molecular formula is C28H24N6O4S4. The Bertz CT molecular complexity index is 1750. The number of hydrogen-bond acceptors (Lipinski definition) is 12. The highest BCUT2D eigenvalue weighted by Gasteiger charge is 2.15. The minimum absolute atomic E-state index is 0.0599. The van der Waals surface area contributed by atoms with Gasteiger partial charge >= 0.3 is 0 Å². The van der Waals surface area contributed by atoms with E-state index in [1.54, 1.807) is 69.6 Å². The van der Waals surface area contributed by atoms with Crippen LogP contribution in [0.1, 0.15) is 0 Å². The Morgan fingerprint density at radius 3 is 1.17 bits per heavy atom. The van der Waals surface area contributed by atoms with Gasteiger partial charge in [-0.1, -0.05) is 22.7 Å². The van der Waals surface area contributed by atoms with Crippen LogP contribution in [-0.4, -0.2) is 38.0 Å². The quantitative estimate of drug-likeness (QED) is 0.127. The van der Waals surface area contributed by atoms with Gasteiger partial charge in [0.2, 0.25) is 0 Å². The lowest BCUT2D eigenvalue weighted by Gasteiger charge is -2.11. The van der Waals surface area contributed by atoms with Crippen molar-refractivity contribution < 1.29 is 9.85 Å². The van der Waals surface area contributed by atoms with Gasteiger partial charge in [0.15, 0.2) is 7.97 Å². The van der Waals surface area contributed by atoms with Crippen molar-refractivity contribution in [1.29, 1.82) is 0 Å². The summed E-state index contributed by atoms with van der Waals surface area (Å²) >= 11 is 6.21. The molecule has 14 heteroatoms. The lowest BCUT2D eigenvalue weighted by atomic mass is 10.2. The Morgan fingerprint density at radius 1 is 0.548 bits per heavy atom. The predicted molar refractivity (Wildman–Crippen MR) is 174 cm³/mol. The van der Waals surface area contributed by atoms with E-state index in [1.807, 2.05) is 62.3 Å². The molecule has 0 saturated heterocycles. The first-order valence-electron chi connectivity index (χ1n) is 12.4. The van der Waals surface area contributed by atoms with Crippen molar-refractivity contribution in [3.63, 3.8) is 0 Å². The van der Waals surface area contributed by atoms with Crippen LogP contribution in [0.15, 0.2) is 82.8 Å². The van der Waals surface area contributed by atoms with Crippen LogP contribution in [0.5, 0.6) is 0 Å². The number of benzene rings is 3. The number of rotatable bonds is 8. The number of hydrogen-bond donors (Lipinski definition) is 0. The standard InChI is InChI=1S/C28H24N6O4S4/c1-31(2)25-23(17-5-13-21(14-6-17)33(35)36)39-27(41-25)29-19-9-11-20(12-10-19)30-28-40-24(26(42-28)32(3)4)18-7-15-22(16-8-18)34(37)38/h5-16H,1-4H3. The summed E-state index contributed by atoms with van der Waals surface area (Å²) in [5, 5.41) is 24.2. The van der Waals surface area contributed by atoms with Crippen molar-refractivity contribution in [3.05, 3.63) is 101 Å². The Morgan fingerprint density at radius 2 is 0.881 bits per heavy atom. The Hall–Kier alpha value is -4.24. The second-order valence-corrected chi connectivity index (χ2v) is 13.8. The van der Waals surface area contributed by atoms with Gasteiger partial charge in [-0.15, -0.1) is 22.7 Å². The van der Waals surface area contributed by atoms with Crippen molar-refractivity contribution in [2.75, 3.05) is 38.0 Å². The zero-order valence-electron chi connectivity index (χ0n) is 22.9. The molecule has 0 spiro atoms. The summed E-state index contributed by atoms with van der Waals surface area (Å²) in [5.41, 5.74) is 3.52. The molecule has 0 atom stereocenters. The SMILES string of the molecule is CN(C)c1sc(=Nc2ccc(N=c3sc(-c4ccc([N+](=O)[O-])cc4)c(N(C)C)s3)cc2)sc1-c1ccc([N+](=O)[O-])cc1. The molecule has 0 aliphatic rings. The van der Waals surface area contributed by atoms with Gasteiger partial charge in [-0.2, -0.15) is 0 Å². The molecule has 0 amide bonds. The minimum Gasteiger partial charge on any atom is -0.368 e. The second kappa shape index (κ2) is 12.3. The second-order valence-electron chi connectivity index (χ2n) is 9.35. The molecule has 2 heterocycles. The van der Waals surface area contributed by atoms with Crippen LogP contribution in [0.25, 0.3) is 20.9 Å². The molecule has 5 rings (SSSR count). The van der Waals surface area contributed by atoms with E-state index < -0.39 is 9.85 Å². The molecule has 0 unspecified atom stereocenters. The third kappa shape index (κ3) is 6.46. The maximum atomic E-state index is 11.0. The lowest BCUT2D eigenvalue weighted by Crippen LogP contribution is -2.07. The zero-order chi connectivity index (χ0) is 30.0. The molecule has 214 valence electrons. The Labute approximate surface area is 256 Å². The average molecular weight is 637 g/mol. The monoisotopic (exact) mass is 636 g/mol. The molecule has 42 heavy (non-hydrogen) atoms.